The van der Waals surface area contributed by atoms with Gasteiger partial charge in [0.2, 0.25) is 5.91 Å². The summed E-state index contributed by atoms with van der Waals surface area (Å²) in [4.78, 5) is 46.1. The van der Waals surface area contributed by atoms with Crippen LogP contribution >= 0.6 is 0 Å². The Bertz CT molecular complexity index is 1180. The molecule has 1 atom stereocenters. The summed E-state index contributed by atoms with van der Waals surface area (Å²) in [6.45, 7) is 7.38. The molecule has 2 fully saturated rings. The highest BCUT2D eigenvalue weighted by Crippen LogP contribution is 2.37. The molecule has 8 heteroatoms. The molecule has 204 valence electrons. The highest BCUT2D eigenvalue weighted by Gasteiger charge is 2.42. The second-order valence-corrected chi connectivity index (χ2v) is 11.4. The van der Waals surface area contributed by atoms with Gasteiger partial charge in [-0.3, -0.25) is 24.4 Å². The maximum atomic E-state index is 13.7. The third-order valence-corrected chi connectivity index (χ3v) is 9.08. The van der Waals surface area contributed by atoms with E-state index < -0.39 is 0 Å². The minimum absolute atomic E-state index is 0.000986. The summed E-state index contributed by atoms with van der Waals surface area (Å²) < 4.78 is 0. The van der Waals surface area contributed by atoms with E-state index in [4.69, 9.17) is 0 Å². The third-order valence-electron chi connectivity index (χ3n) is 9.08. The van der Waals surface area contributed by atoms with Gasteiger partial charge in [0, 0.05) is 43.4 Å². The molecule has 1 aromatic carbocycles. The number of carbonyl (C=O) groups excluding carboxylic acids is 3. The summed E-state index contributed by atoms with van der Waals surface area (Å²) in [7, 11) is 1.88. The standard InChI is InChI=1S/C30H41N5O3/c1-19-26(20(2)32-31-19)21(3)33(4)28(36)22-15-17-34(18-16-22)25-14-10-13-24-27(25)30(38)35(29(24)37)23-11-8-6-5-7-9-12-23/h10,13-14,21-23H,5-9,11-12,15-18H2,1-4H3,(H,31,32)/t21-/m1/s1. The van der Waals surface area contributed by atoms with Crippen LogP contribution in [0.1, 0.15) is 108 Å². The lowest BCUT2D eigenvalue weighted by molar-refractivity contribution is -0.136. The Hall–Kier alpha value is -3.16. The number of carbonyl (C=O) groups is 3. The van der Waals surface area contributed by atoms with Crippen molar-refractivity contribution in [2.24, 2.45) is 5.92 Å². The predicted molar refractivity (Wildman–Crippen MR) is 147 cm³/mol. The summed E-state index contributed by atoms with van der Waals surface area (Å²) >= 11 is 0. The SMILES string of the molecule is Cc1n[nH]c(C)c1[C@@H](C)N(C)C(=O)C1CCN(c2cccc3c2C(=O)N(C2CCCCCCC2)C3=O)CC1. The number of aromatic amines is 1. The van der Waals surface area contributed by atoms with Gasteiger partial charge in [0.15, 0.2) is 0 Å². The predicted octanol–water partition coefficient (Wildman–Crippen LogP) is 5.17. The minimum Gasteiger partial charge on any atom is -0.371 e. The first-order valence-electron chi connectivity index (χ1n) is 14.3. The van der Waals surface area contributed by atoms with Crippen LogP contribution in [0.3, 0.4) is 0 Å². The molecule has 8 nitrogen and oxygen atoms in total. The van der Waals surface area contributed by atoms with Crippen molar-refractivity contribution in [3.05, 3.63) is 46.3 Å². The van der Waals surface area contributed by atoms with Crippen LogP contribution in [0, 0.1) is 19.8 Å². The van der Waals surface area contributed by atoms with E-state index in [1.807, 2.05) is 37.9 Å². The number of aromatic nitrogens is 2. The lowest BCUT2D eigenvalue weighted by atomic mass is 9.93. The molecule has 0 radical (unpaired) electrons. The number of nitrogens with one attached hydrogen (secondary N) is 1. The first kappa shape index (κ1) is 26.4. The number of imide groups is 1. The van der Waals surface area contributed by atoms with Crippen LogP contribution in [-0.4, -0.2) is 63.9 Å². The maximum Gasteiger partial charge on any atom is 0.263 e. The Kier molecular flexibility index (Phi) is 7.59. The Morgan fingerprint density at radius 2 is 1.66 bits per heavy atom. The second kappa shape index (κ2) is 10.9. The number of hydrogen-bond donors (Lipinski definition) is 1. The number of hydrogen-bond acceptors (Lipinski definition) is 5. The van der Waals surface area contributed by atoms with Gasteiger partial charge in [-0.05, 0) is 58.6 Å². The average Bonchev–Trinajstić information content (AvgIpc) is 3.37. The maximum absolute atomic E-state index is 13.7. The van der Waals surface area contributed by atoms with Gasteiger partial charge < -0.3 is 9.80 Å². The second-order valence-electron chi connectivity index (χ2n) is 11.4. The molecule has 2 aromatic rings. The van der Waals surface area contributed by atoms with E-state index >= 15 is 0 Å². The lowest BCUT2D eigenvalue weighted by Crippen LogP contribution is -2.43. The van der Waals surface area contributed by atoms with Crippen molar-refractivity contribution in [2.75, 3.05) is 25.0 Å². The van der Waals surface area contributed by atoms with Crippen LogP contribution in [0.15, 0.2) is 18.2 Å². The summed E-state index contributed by atoms with van der Waals surface area (Å²) in [5.41, 5.74) is 4.93. The summed E-state index contributed by atoms with van der Waals surface area (Å²) in [5.74, 6) is -0.185. The van der Waals surface area contributed by atoms with Crippen molar-refractivity contribution in [1.29, 1.82) is 0 Å². The van der Waals surface area contributed by atoms with Crippen molar-refractivity contribution in [3.63, 3.8) is 0 Å². The Morgan fingerprint density at radius 1 is 1.00 bits per heavy atom. The number of aryl methyl sites for hydroxylation is 2. The quantitative estimate of drug-likeness (QED) is 0.551. The fraction of sp³-hybridized carbons (Fsp3) is 0.600. The van der Waals surface area contributed by atoms with Crippen LogP contribution in [-0.2, 0) is 4.79 Å². The summed E-state index contributed by atoms with van der Waals surface area (Å²) in [6, 6.07) is 5.60. The Balaban J connectivity index is 1.28. The third kappa shape index (κ3) is 4.74. The molecule has 1 saturated carbocycles. The number of nitrogens with zero attached hydrogens (tertiary/aromatic N) is 4. The number of fused-ring (bicyclic) bond motifs is 1. The van der Waals surface area contributed by atoms with Gasteiger partial charge in [-0.2, -0.15) is 5.10 Å². The zero-order chi connectivity index (χ0) is 27.0. The number of rotatable bonds is 5. The first-order chi connectivity index (χ1) is 18.3. The largest absolute Gasteiger partial charge is 0.371 e. The molecule has 0 unspecified atom stereocenters. The summed E-state index contributed by atoms with van der Waals surface area (Å²) in [6.07, 6.45) is 8.97. The molecular formula is C30H41N5O3. The number of amides is 3. The zero-order valence-corrected chi connectivity index (χ0v) is 23.3. The van der Waals surface area contributed by atoms with E-state index in [1.54, 1.807) is 11.0 Å². The van der Waals surface area contributed by atoms with Crippen molar-refractivity contribution in [2.45, 2.75) is 90.6 Å². The van der Waals surface area contributed by atoms with Crippen LogP contribution in [0.5, 0.6) is 0 Å². The van der Waals surface area contributed by atoms with E-state index in [9.17, 15) is 14.4 Å². The molecule has 1 aromatic heterocycles. The number of anilines is 1. The van der Waals surface area contributed by atoms with Gasteiger partial charge in [-0.15, -0.1) is 0 Å². The van der Waals surface area contributed by atoms with Crippen molar-refractivity contribution < 1.29 is 14.4 Å². The molecule has 2 aliphatic heterocycles. The first-order valence-corrected chi connectivity index (χ1v) is 14.3. The molecule has 3 amide bonds. The molecule has 0 bridgehead atoms. The highest BCUT2D eigenvalue weighted by atomic mass is 16.2. The normalized spacial score (nSPS) is 20.3. The van der Waals surface area contributed by atoms with Crippen LogP contribution in [0.25, 0.3) is 0 Å². The molecule has 3 heterocycles. The zero-order valence-electron chi connectivity index (χ0n) is 23.3. The Labute approximate surface area is 225 Å². The smallest absolute Gasteiger partial charge is 0.263 e. The van der Waals surface area contributed by atoms with E-state index in [-0.39, 0.29) is 35.7 Å². The molecule has 1 saturated heterocycles. The monoisotopic (exact) mass is 519 g/mol. The molecular weight excluding hydrogens is 478 g/mol. The topological polar surface area (TPSA) is 89.6 Å². The lowest BCUT2D eigenvalue weighted by Gasteiger charge is -2.36. The van der Waals surface area contributed by atoms with Crippen LogP contribution in [0.4, 0.5) is 5.69 Å². The van der Waals surface area contributed by atoms with Gasteiger partial charge >= 0.3 is 0 Å². The fourth-order valence-corrected chi connectivity index (χ4v) is 6.79. The molecule has 5 rings (SSSR count). The van der Waals surface area contributed by atoms with Crippen LogP contribution in [0.2, 0.25) is 0 Å². The van der Waals surface area contributed by atoms with E-state index in [0.717, 1.165) is 61.2 Å². The van der Waals surface area contributed by atoms with E-state index in [0.29, 0.717) is 24.2 Å². The molecule has 38 heavy (non-hydrogen) atoms. The minimum atomic E-state index is -0.136. The van der Waals surface area contributed by atoms with E-state index in [2.05, 4.69) is 22.0 Å². The molecule has 0 spiro atoms. The molecule has 1 N–H and O–H groups in total. The number of H-pyrrole nitrogens is 1. The number of piperidine rings is 1. The van der Waals surface area contributed by atoms with Gasteiger partial charge in [-0.1, -0.05) is 38.2 Å². The molecule has 3 aliphatic rings. The summed E-state index contributed by atoms with van der Waals surface area (Å²) in [5, 5.41) is 7.32. The van der Waals surface area contributed by atoms with Crippen LogP contribution < -0.4 is 4.90 Å². The van der Waals surface area contributed by atoms with E-state index in [1.165, 1.54) is 19.3 Å². The Morgan fingerprint density at radius 3 is 2.29 bits per heavy atom. The fourth-order valence-electron chi connectivity index (χ4n) is 6.79. The van der Waals surface area contributed by atoms with Crippen molar-refractivity contribution in [1.82, 2.24) is 20.0 Å². The van der Waals surface area contributed by atoms with Gasteiger partial charge in [0.05, 0.1) is 28.6 Å². The highest BCUT2D eigenvalue weighted by molar-refractivity contribution is 6.24. The van der Waals surface area contributed by atoms with Gasteiger partial charge in [-0.25, -0.2) is 0 Å². The van der Waals surface area contributed by atoms with Crippen molar-refractivity contribution in [3.8, 4) is 0 Å². The van der Waals surface area contributed by atoms with Crippen molar-refractivity contribution >= 4 is 23.4 Å². The van der Waals surface area contributed by atoms with Gasteiger partial charge in [0.1, 0.15) is 0 Å². The molecule has 1 aliphatic carbocycles. The average molecular weight is 520 g/mol. The number of benzene rings is 1. The van der Waals surface area contributed by atoms with Gasteiger partial charge in [0.25, 0.3) is 11.8 Å².